The van der Waals surface area contributed by atoms with E-state index in [1.54, 1.807) is 0 Å². The maximum absolute atomic E-state index is 11.9. The average molecular weight is 129 g/mol. The van der Waals surface area contributed by atoms with Gasteiger partial charge in [0.2, 0.25) is 0 Å². The largest absolute Gasteiger partial charge is 0.324 e. The van der Waals surface area contributed by atoms with Gasteiger partial charge in [-0.25, -0.2) is 4.39 Å². The van der Waals surface area contributed by atoms with Crippen molar-refractivity contribution < 1.29 is 4.39 Å². The minimum absolute atomic E-state index is 0.00926. The monoisotopic (exact) mass is 129 g/mol. The van der Waals surface area contributed by atoms with Gasteiger partial charge in [-0.1, -0.05) is 6.92 Å². The van der Waals surface area contributed by atoms with Crippen molar-refractivity contribution in [3.8, 4) is 0 Å². The molecule has 1 aliphatic rings. The quantitative estimate of drug-likeness (QED) is 0.528. The number of rotatable bonds is 0. The van der Waals surface area contributed by atoms with Crippen LogP contribution in [0.25, 0.3) is 0 Å². The molecule has 9 heavy (non-hydrogen) atoms. The van der Waals surface area contributed by atoms with Crippen LogP contribution in [0.2, 0.25) is 0 Å². The maximum atomic E-state index is 11.9. The minimum Gasteiger partial charge on any atom is -0.324 e. The zero-order valence-corrected chi connectivity index (χ0v) is 5.60. The first-order valence-corrected chi connectivity index (χ1v) is 3.28. The van der Waals surface area contributed by atoms with Gasteiger partial charge in [-0.2, -0.15) is 0 Å². The van der Waals surface area contributed by atoms with Crippen LogP contribution in [0.1, 0.15) is 19.8 Å². The molecule has 52 valence electrons. The molecule has 2 N–H and O–H groups in total. The third-order valence-corrected chi connectivity index (χ3v) is 1.86. The highest BCUT2D eigenvalue weighted by Crippen LogP contribution is 2.28. The van der Waals surface area contributed by atoms with Crippen LogP contribution in [0.5, 0.6) is 0 Å². The average Bonchev–Trinajstić information content (AvgIpc) is 2.10. The number of hydrogen-bond donors (Lipinski definition) is 1. The van der Waals surface area contributed by atoms with Gasteiger partial charge in [0.05, 0.1) is 6.33 Å². The van der Waals surface area contributed by atoms with E-state index >= 15 is 0 Å². The smallest absolute Gasteiger partial charge is 0.0874 e. The first-order valence-electron chi connectivity index (χ1n) is 3.28. The van der Waals surface area contributed by atoms with Crippen LogP contribution < -0.4 is 5.73 Å². The highest BCUT2D eigenvalue weighted by atomic mass is 19.1. The molecule has 0 saturated heterocycles. The molecular formula is C7H12FN. The molecule has 2 atom stereocenters. The second kappa shape index (κ2) is 2.48. The number of hydrogen-bond acceptors (Lipinski definition) is 1. The molecule has 1 rings (SSSR count). The Morgan fingerprint density at radius 1 is 1.78 bits per heavy atom. The Balaban J connectivity index is 2.58. The topological polar surface area (TPSA) is 26.0 Å². The van der Waals surface area contributed by atoms with Crippen LogP contribution in [0.4, 0.5) is 4.39 Å². The second-order valence-electron chi connectivity index (χ2n) is 2.84. The Hall–Kier alpha value is -0.370. The summed E-state index contributed by atoms with van der Waals surface area (Å²) in [7, 11) is 0. The van der Waals surface area contributed by atoms with E-state index in [-0.39, 0.29) is 6.04 Å². The van der Waals surface area contributed by atoms with Crippen LogP contribution >= 0.6 is 0 Å². The predicted molar refractivity (Wildman–Crippen MR) is 35.6 cm³/mol. The van der Waals surface area contributed by atoms with Crippen molar-refractivity contribution in [2.75, 3.05) is 0 Å². The summed E-state index contributed by atoms with van der Waals surface area (Å²) in [6.45, 7) is 2.09. The lowest BCUT2D eigenvalue weighted by Crippen LogP contribution is -2.16. The molecule has 0 radical (unpaired) electrons. The normalized spacial score (nSPS) is 40.1. The summed E-state index contributed by atoms with van der Waals surface area (Å²) in [5, 5.41) is 0. The van der Waals surface area contributed by atoms with E-state index in [1.165, 1.54) is 0 Å². The van der Waals surface area contributed by atoms with Gasteiger partial charge in [-0.15, -0.1) is 0 Å². The standard InChI is InChI=1S/C7H12FN/c1-5-2-6(4-8)7(9)3-5/h4-5,7H,2-3,9H2,1H3/b6-4-/t5-,7-/m0/s1. The van der Waals surface area contributed by atoms with E-state index in [4.69, 9.17) is 5.73 Å². The van der Waals surface area contributed by atoms with E-state index in [0.717, 1.165) is 18.4 Å². The van der Waals surface area contributed by atoms with Crippen LogP contribution in [-0.2, 0) is 0 Å². The van der Waals surface area contributed by atoms with Gasteiger partial charge in [-0.05, 0) is 24.3 Å². The van der Waals surface area contributed by atoms with Crippen molar-refractivity contribution in [3.05, 3.63) is 11.9 Å². The van der Waals surface area contributed by atoms with Crippen LogP contribution in [0.15, 0.2) is 11.9 Å². The summed E-state index contributed by atoms with van der Waals surface area (Å²) in [6.07, 6.45) is 2.45. The highest BCUT2D eigenvalue weighted by molar-refractivity contribution is 5.13. The summed E-state index contributed by atoms with van der Waals surface area (Å²) in [6, 6.07) is -0.00926. The molecule has 0 amide bonds. The fourth-order valence-corrected chi connectivity index (χ4v) is 1.35. The van der Waals surface area contributed by atoms with Gasteiger partial charge >= 0.3 is 0 Å². The molecule has 1 saturated carbocycles. The van der Waals surface area contributed by atoms with E-state index < -0.39 is 0 Å². The van der Waals surface area contributed by atoms with Crippen molar-refractivity contribution in [1.82, 2.24) is 0 Å². The third kappa shape index (κ3) is 1.30. The molecule has 0 unspecified atom stereocenters. The second-order valence-corrected chi connectivity index (χ2v) is 2.84. The molecule has 0 aromatic heterocycles. The Bertz CT molecular complexity index is 131. The zero-order valence-electron chi connectivity index (χ0n) is 5.60. The molecule has 0 heterocycles. The summed E-state index contributed by atoms with van der Waals surface area (Å²) in [4.78, 5) is 0. The highest BCUT2D eigenvalue weighted by Gasteiger charge is 2.22. The maximum Gasteiger partial charge on any atom is 0.0874 e. The summed E-state index contributed by atoms with van der Waals surface area (Å²) < 4.78 is 11.9. The van der Waals surface area contributed by atoms with Crippen molar-refractivity contribution in [1.29, 1.82) is 0 Å². The molecule has 0 aromatic rings. The van der Waals surface area contributed by atoms with E-state index in [9.17, 15) is 4.39 Å². The zero-order chi connectivity index (χ0) is 6.85. The first kappa shape index (κ1) is 6.75. The van der Waals surface area contributed by atoms with Crippen molar-refractivity contribution in [3.63, 3.8) is 0 Å². The van der Waals surface area contributed by atoms with Gasteiger partial charge in [0.15, 0.2) is 0 Å². The minimum atomic E-state index is -0.00926. The van der Waals surface area contributed by atoms with E-state index in [1.807, 2.05) is 0 Å². The van der Waals surface area contributed by atoms with Crippen LogP contribution in [0.3, 0.4) is 0 Å². The Morgan fingerprint density at radius 3 is 2.67 bits per heavy atom. The number of nitrogens with two attached hydrogens (primary N) is 1. The first-order chi connectivity index (χ1) is 4.24. The van der Waals surface area contributed by atoms with Crippen LogP contribution in [0, 0.1) is 5.92 Å². The van der Waals surface area contributed by atoms with Crippen molar-refractivity contribution in [2.45, 2.75) is 25.8 Å². The van der Waals surface area contributed by atoms with Gasteiger partial charge in [0, 0.05) is 6.04 Å². The lowest BCUT2D eigenvalue weighted by molar-refractivity contribution is 0.594. The SMILES string of the molecule is C[C@H]1C/C(=C/F)[C@@H](N)C1. The summed E-state index contributed by atoms with van der Waals surface area (Å²) in [5.74, 6) is 0.571. The molecule has 2 heteroatoms. The summed E-state index contributed by atoms with van der Waals surface area (Å²) >= 11 is 0. The third-order valence-electron chi connectivity index (χ3n) is 1.86. The fourth-order valence-electron chi connectivity index (χ4n) is 1.35. The van der Waals surface area contributed by atoms with Gasteiger partial charge < -0.3 is 5.73 Å². The Kier molecular flexibility index (Phi) is 1.86. The van der Waals surface area contributed by atoms with Crippen molar-refractivity contribution >= 4 is 0 Å². The van der Waals surface area contributed by atoms with Crippen LogP contribution in [-0.4, -0.2) is 6.04 Å². The molecule has 1 aliphatic carbocycles. The molecule has 1 nitrogen and oxygen atoms in total. The fraction of sp³-hybridized carbons (Fsp3) is 0.714. The Morgan fingerprint density at radius 2 is 2.44 bits per heavy atom. The van der Waals surface area contributed by atoms with E-state index in [0.29, 0.717) is 12.2 Å². The van der Waals surface area contributed by atoms with Gasteiger partial charge in [-0.3, -0.25) is 0 Å². The van der Waals surface area contributed by atoms with E-state index in [2.05, 4.69) is 6.92 Å². The molecule has 0 aliphatic heterocycles. The molecule has 1 fully saturated rings. The molecule has 0 spiro atoms. The molecule has 0 aromatic carbocycles. The lowest BCUT2D eigenvalue weighted by atomic mass is 10.1. The van der Waals surface area contributed by atoms with Gasteiger partial charge in [0.25, 0.3) is 0 Å². The summed E-state index contributed by atoms with van der Waals surface area (Å²) in [5.41, 5.74) is 6.35. The van der Waals surface area contributed by atoms with Gasteiger partial charge in [0.1, 0.15) is 0 Å². The Labute approximate surface area is 54.7 Å². The predicted octanol–water partition coefficient (Wildman–Crippen LogP) is 1.60. The van der Waals surface area contributed by atoms with Crippen molar-refractivity contribution in [2.24, 2.45) is 11.7 Å². The molecular weight excluding hydrogens is 117 g/mol. The number of halogens is 1. The lowest BCUT2D eigenvalue weighted by Gasteiger charge is -1.99. The molecule has 0 bridgehead atoms.